The predicted molar refractivity (Wildman–Crippen MR) is 81.2 cm³/mol. The van der Waals surface area contributed by atoms with Gasteiger partial charge in [0.1, 0.15) is 0 Å². The lowest BCUT2D eigenvalue weighted by Crippen LogP contribution is -2.30. The Labute approximate surface area is 120 Å². The van der Waals surface area contributed by atoms with E-state index in [2.05, 4.69) is 22.8 Å². The number of aryl methyl sites for hydroxylation is 2. The average Bonchev–Trinajstić information content (AvgIpc) is 2.85. The highest BCUT2D eigenvalue weighted by molar-refractivity contribution is 5.89. The summed E-state index contributed by atoms with van der Waals surface area (Å²) in [5.41, 5.74) is 3.66. The first-order valence-electron chi connectivity index (χ1n) is 7.43. The molecule has 1 aromatic rings. The number of hydrogen-bond acceptors (Lipinski definition) is 2. The summed E-state index contributed by atoms with van der Waals surface area (Å²) in [7, 11) is 0. The Kier molecular flexibility index (Phi) is 5.41. The van der Waals surface area contributed by atoms with Crippen molar-refractivity contribution in [2.75, 3.05) is 18.5 Å². The molecule has 0 atom stereocenters. The van der Waals surface area contributed by atoms with E-state index in [1.54, 1.807) is 0 Å². The van der Waals surface area contributed by atoms with Crippen LogP contribution in [0.5, 0.6) is 0 Å². The molecule has 2 N–H and O–H groups in total. The number of anilines is 1. The minimum Gasteiger partial charge on any atom is -0.379 e. The summed E-state index contributed by atoms with van der Waals surface area (Å²) < 4.78 is 5.42. The number of rotatable bonds is 6. The normalized spacial score (nSPS) is 13.3. The van der Waals surface area contributed by atoms with Gasteiger partial charge in [-0.05, 0) is 62.8 Å². The fourth-order valence-electron chi connectivity index (χ4n) is 2.42. The van der Waals surface area contributed by atoms with Crippen LogP contribution in [-0.2, 0) is 17.6 Å². The van der Waals surface area contributed by atoms with Crippen LogP contribution < -0.4 is 10.6 Å². The molecule has 0 bridgehead atoms. The van der Waals surface area contributed by atoms with Crippen LogP contribution in [0.15, 0.2) is 18.2 Å². The van der Waals surface area contributed by atoms with Gasteiger partial charge in [0.05, 0.1) is 6.10 Å². The second-order valence-corrected chi connectivity index (χ2v) is 5.49. The first-order chi connectivity index (χ1) is 9.65. The zero-order valence-electron chi connectivity index (χ0n) is 12.4. The van der Waals surface area contributed by atoms with Gasteiger partial charge < -0.3 is 15.4 Å². The van der Waals surface area contributed by atoms with Gasteiger partial charge in [-0.2, -0.15) is 0 Å². The molecule has 4 nitrogen and oxygen atoms in total. The van der Waals surface area contributed by atoms with Gasteiger partial charge in [-0.1, -0.05) is 6.07 Å². The van der Waals surface area contributed by atoms with E-state index in [0.717, 1.165) is 24.9 Å². The minimum atomic E-state index is -0.146. The third kappa shape index (κ3) is 4.53. The molecule has 0 radical (unpaired) electrons. The van der Waals surface area contributed by atoms with Crippen molar-refractivity contribution in [1.29, 1.82) is 0 Å². The Hall–Kier alpha value is -1.55. The van der Waals surface area contributed by atoms with Crippen molar-refractivity contribution in [3.63, 3.8) is 0 Å². The van der Waals surface area contributed by atoms with Crippen molar-refractivity contribution in [3.05, 3.63) is 29.3 Å². The number of nitrogens with one attached hydrogen (secondary N) is 2. The summed E-state index contributed by atoms with van der Waals surface area (Å²) in [6.07, 6.45) is 4.59. The van der Waals surface area contributed by atoms with Gasteiger partial charge in [-0.3, -0.25) is 0 Å². The topological polar surface area (TPSA) is 50.4 Å². The molecule has 0 spiro atoms. The largest absolute Gasteiger partial charge is 0.379 e. The Bertz CT molecular complexity index is 458. The van der Waals surface area contributed by atoms with E-state index in [4.69, 9.17) is 4.74 Å². The zero-order valence-corrected chi connectivity index (χ0v) is 12.4. The first-order valence-corrected chi connectivity index (χ1v) is 7.43. The molecule has 0 saturated carbocycles. The third-order valence-corrected chi connectivity index (χ3v) is 3.41. The maximum atomic E-state index is 11.7. The predicted octanol–water partition coefficient (Wildman–Crippen LogP) is 3.11. The van der Waals surface area contributed by atoms with Crippen LogP contribution >= 0.6 is 0 Å². The van der Waals surface area contributed by atoms with Gasteiger partial charge in [-0.15, -0.1) is 0 Å². The van der Waals surface area contributed by atoms with Crippen LogP contribution in [-0.4, -0.2) is 25.3 Å². The molecule has 20 heavy (non-hydrogen) atoms. The van der Waals surface area contributed by atoms with E-state index in [1.165, 1.54) is 17.5 Å². The SMILES string of the molecule is CC(C)OCCCNC(=O)Nc1ccc2c(c1)CCC2. The number of hydrogen-bond donors (Lipinski definition) is 2. The Morgan fingerprint density at radius 3 is 2.90 bits per heavy atom. The zero-order chi connectivity index (χ0) is 14.4. The van der Waals surface area contributed by atoms with Gasteiger partial charge in [-0.25, -0.2) is 4.79 Å². The second kappa shape index (κ2) is 7.29. The molecule has 0 saturated heterocycles. The van der Waals surface area contributed by atoms with Crippen LogP contribution in [0.4, 0.5) is 10.5 Å². The second-order valence-electron chi connectivity index (χ2n) is 5.49. The standard InChI is InChI=1S/C16H24N2O2/c1-12(2)20-10-4-9-17-16(19)18-15-8-7-13-5-3-6-14(13)11-15/h7-8,11-12H,3-6,9-10H2,1-2H3,(H2,17,18,19). The molecule has 1 aromatic carbocycles. The van der Waals surface area contributed by atoms with E-state index in [9.17, 15) is 4.79 Å². The van der Waals surface area contributed by atoms with Crippen molar-refractivity contribution >= 4 is 11.7 Å². The summed E-state index contributed by atoms with van der Waals surface area (Å²) in [6, 6.07) is 6.04. The van der Waals surface area contributed by atoms with Gasteiger partial charge >= 0.3 is 6.03 Å². The lowest BCUT2D eigenvalue weighted by molar-refractivity contribution is 0.0775. The van der Waals surface area contributed by atoms with Gasteiger partial charge in [0.25, 0.3) is 0 Å². The molecular weight excluding hydrogens is 252 g/mol. The van der Waals surface area contributed by atoms with Crippen molar-refractivity contribution in [1.82, 2.24) is 5.32 Å². The van der Waals surface area contributed by atoms with Crippen molar-refractivity contribution in [2.24, 2.45) is 0 Å². The maximum absolute atomic E-state index is 11.7. The number of carbonyl (C=O) groups is 1. The Morgan fingerprint density at radius 1 is 1.30 bits per heavy atom. The fraction of sp³-hybridized carbons (Fsp3) is 0.562. The monoisotopic (exact) mass is 276 g/mol. The number of carbonyl (C=O) groups excluding carboxylic acids is 1. The molecule has 0 heterocycles. The number of fused-ring (bicyclic) bond motifs is 1. The van der Waals surface area contributed by atoms with Crippen molar-refractivity contribution < 1.29 is 9.53 Å². The quantitative estimate of drug-likeness (QED) is 0.784. The molecule has 110 valence electrons. The summed E-state index contributed by atoms with van der Waals surface area (Å²) in [4.78, 5) is 11.7. The Balaban J connectivity index is 1.69. The number of amides is 2. The highest BCUT2D eigenvalue weighted by atomic mass is 16.5. The molecule has 4 heteroatoms. The van der Waals surface area contributed by atoms with Crippen molar-refractivity contribution in [3.8, 4) is 0 Å². The molecular formula is C16H24N2O2. The Morgan fingerprint density at radius 2 is 2.10 bits per heavy atom. The minimum absolute atomic E-state index is 0.146. The lowest BCUT2D eigenvalue weighted by atomic mass is 10.1. The molecule has 1 aliphatic carbocycles. The van der Waals surface area contributed by atoms with Crippen LogP contribution in [0.3, 0.4) is 0 Å². The summed E-state index contributed by atoms with van der Waals surface area (Å²) in [6.45, 7) is 5.32. The molecule has 0 aromatic heterocycles. The third-order valence-electron chi connectivity index (χ3n) is 3.41. The van der Waals surface area contributed by atoms with Gasteiger partial charge in [0.15, 0.2) is 0 Å². The molecule has 1 aliphatic rings. The van der Waals surface area contributed by atoms with E-state index in [1.807, 2.05) is 19.9 Å². The highest BCUT2D eigenvalue weighted by Crippen LogP contribution is 2.24. The smallest absolute Gasteiger partial charge is 0.319 e. The number of ether oxygens (including phenoxy) is 1. The summed E-state index contributed by atoms with van der Waals surface area (Å²) >= 11 is 0. The lowest BCUT2D eigenvalue weighted by Gasteiger charge is -2.10. The van der Waals surface area contributed by atoms with Gasteiger partial charge in [0.2, 0.25) is 0 Å². The van der Waals surface area contributed by atoms with Crippen LogP contribution in [0.25, 0.3) is 0 Å². The molecule has 0 fully saturated rings. The van der Waals surface area contributed by atoms with Crippen LogP contribution in [0.1, 0.15) is 37.8 Å². The van der Waals surface area contributed by atoms with E-state index >= 15 is 0 Å². The average molecular weight is 276 g/mol. The maximum Gasteiger partial charge on any atom is 0.319 e. The van der Waals surface area contributed by atoms with Gasteiger partial charge in [0, 0.05) is 18.8 Å². The molecule has 0 unspecified atom stereocenters. The summed E-state index contributed by atoms with van der Waals surface area (Å²) in [5, 5.41) is 5.72. The number of benzene rings is 1. The molecule has 2 amide bonds. The van der Waals surface area contributed by atoms with Crippen molar-refractivity contribution in [2.45, 2.75) is 45.6 Å². The van der Waals surface area contributed by atoms with Crippen LogP contribution in [0.2, 0.25) is 0 Å². The van der Waals surface area contributed by atoms with E-state index < -0.39 is 0 Å². The molecule has 0 aliphatic heterocycles. The summed E-state index contributed by atoms with van der Waals surface area (Å²) in [5.74, 6) is 0. The van der Waals surface area contributed by atoms with Crippen LogP contribution in [0, 0.1) is 0 Å². The highest BCUT2D eigenvalue weighted by Gasteiger charge is 2.11. The molecule has 2 rings (SSSR count). The fourth-order valence-corrected chi connectivity index (χ4v) is 2.42. The van der Waals surface area contributed by atoms with E-state index in [0.29, 0.717) is 13.2 Å². The van der Waals surface area contributed by atoms with E-state index in [-0.39, 0.29) is 12.1 Å². The number of urea groups is 1. The first kappa shape index (κ1) is 14.9.